The van der Waals surface area contributed by atoms with Crippen LogP contribution in [0.3, 0.4) is 0 Å². The Kier molecular flexibility index (Phi) is 4.50. The van der Waals surface area contributed by atoms with Crippen LogP contribution >= 0.6 is 0 Å². The number of aliphatic hydroxyl groups is 1. The lowest BCUT2D eigenvalue weighted by Gasteiger charge is -2.35. The van der Waals surface area contributed by atoms with Gasteiger partial charge < -0.3 is 19.5 Å². The predicted molar refractivity (Wildman–Crippen MR) is 54.5 cm³/mol. The second-order valence-electron chi connectivity index (χ2n) is 4.02. The molecule has 1 fully saturated rings. The molecule has 1 aliphatic rings. The molecule has 1 heterocycles. The summed E-state index contributed by atoms with van der Waals surface area (Å²) in [6.07, 6.45) is 1.16. The number of likely N-dealkylation sites (N-methyl/N-ethyl adjacent to an activating group) is 1. The Balaban J connectivity index is 2.41. The van der Waals surface area contributed by atoms with Crippen LogP contribution in [0.4, 0.5) is 0 Å². The predicted octanol–water partition coefficient (Wildman–Crippen LogP) is -0.367. The molecule has 0 aromatic carbocycles. The average molecular weight is 217 g/mol. The molecule has 0 spiro atoms. The smallest absolute Gasteiger partial charge is 0.248 e. The van der Waals surface area contributed by atoms with Crippen molar-refractivity contribution in [3.8, 4) is 0 Å². The lowest BCUT2D eigenvalue weighted by atomic mass is 9.94. The molecule has 1 rings (SSSR count). The van der Waals surface area contributed by atoms with Gasteiger partial charge >= 0.3 is 0 Å². The fraction of sp³-hybridized carbons (Fsp3) is 0.900. The van der Waals surface area contributed by atoms with Crippen LogP contribution in [-0.2, 0) is 14.3 Å². The molecule has 5 heteroatoms. The summed E-state index contributed by atoms with van der Waals surface area (Å²) in [7, 11) is 3.16. The largest absolute Gasteiger partial charge is 0.388 e. The highest BCUT2D eigenvalue weighted by Crippen LogP contribution is 2.21. The number of rotatable bonds is 4. The van der Waals surface area contributed by atoms with Gasteiger partial charge in [0.1, 0.15) is 6.61 Å². The maximum Gasteiger partial charge on any atom is 0.248 e. The SMILES string of the molecule is COCC(=O)N(C)CC1(O)CCOCC1. The van der Waals surface area contributed by atoms with Gasteiger partial charge in [0.25, 0.3) is 0 Å². The summed E-state index contributed by atoms with van der Waals surface area (Å²) in [5.74, 6) is -0.114. The van der Waals surface area contributed by atoms with Gasteiger partial charge in [-0.1, -0.05) is 0 Å². The standard InChI is InChI=1S/C10H19NO4/c1-11(9(12)7-14-2)8-10(13)3-5-15-6-4-10/h13H,3-8H2,1-2H3. The molecule has 5 nitrogen and oxygen atoms in total. The second kappa shape index (κ2) is 5.44. The van der Waals surface area contributed by atoms with Gasteiger partial charge in [-0.2, -0.15) is 0 Å². The topological polar surface area (TPSA) is 59.0 Å². The van der Waals surface area contributed by atoms with Crippen molar-refractivity contribution in [2.75, 3.05) is 40.5 Å². The van der Waals surface area contributed by atoms with Gasteiger partial charge in [0.05, 0.1) is 5.60 Å². The van der Waals surface area contributed by atoms with Gasteiger partial charge in [-0.15, -0.1) is 0 Å². The number of carbonyl (C=O) groups is 1. The van der Waals surface area contributed by atoms with Crippen LogP contribution in [0.25, 0.3) is 0 Å². The molecule has 1 aliphatic heterocycles. The minimum Gasteiger partial charge on any atom is -0.388 e. The molecule has 88 valence electrons. The number of nitrogens with zero attached hydrogens (tertiary/aromatic N) is 1. The normalized spacial score (nSPS) is 19.9. The molecule has 1 saturated heterocycles. The lowest BCUT2D eigenvalue weighted by molar-refractivity contribution is -0.140. The van der Waals surface area contributed by atoms with Gasteiger partial charge in [0.15, 0.2) is 0 Å². The average Bonchev–Trinajstić information content (AvgIpc) is 2.18. The highest BCUT2D eigenvalue weighted by molar-refractivity contribution is 5.77. The highest BCUT2D eigenvalue weighted by atomic mass is 16.5. The van der Waals surface area contributed by atoms with Crippen molar-refractivity contribution in [3.05, 3.63) is 0 Å². The zero-order chi connectivity index (χ0) is 11.3. The van der Waals surface area contributed by atoms with Crippen molar-refractivity contribution in [2.24, 2.45) is 0 Å². The molecule has 0 atom stereocenters. The highest BCUT2D eigenvalue weighted by Gasteiger charge is 2.32. The van der Waals surface area contributed by atoms with E-state index >= 15 is 0 Å². The second-order valence-corrected chi connectivity index (χ2v) is 4.02. The lowest BCUT2D eigenvalue weighted by Crippen LogP contribution is -2.48. The van der Waals surface area contributed by atoms with E-state index in [0.717, 1.165) is 0 Å². The Morgan fingerprint density at radius 2 is 2.13 bits per heavy atom. The fourth-order valence-electron chi connectivity index (χ4n) is 1.67. The molecule has 15 heavy (non-hydrogen) atoms. The summed E-state index contributed by atoms with van der Waals surface area (Å²) >= 11 is 0. The molecule has 1 N–H and O–H groups in total. The van der Waals surface area contributed by atoms with E-state index in [1.165, 1.54) is 12.0 Å². The monoisotopic (exact) mass is 217 g/mol. The molecular formula is C10H19NO4. The zero-order valence-corrected chi connectivity index (χ0v) is 9.36. The van der Waals surface area contributed by atoms with Gasteiger partial charge in [-0.25, -0.2) is 0 Å². The van der Waals surface area contributed by atoms with Gasteiger partial charge in [-0.05, 0) is 0 Å². The minimum absolute atomic E-state index is 0.0586. The third kappa shape index (κ3) is 3.77. The third-order valence-electron chi connectivity index (χ3n) is 2.65. The van der Waals surface area contributed by atoms with Gasteiger partial charge in [0, 0.05) is 46.8 Å². The number of hydrogen-bond donors (Lipinski definition) is 1. The Bertz CT molecular complexity index is 213. The van der Waals surface area contributed by atoms with Crippen LogP contribution in [0, 0.1) is 0 Å². The van der Waals surface area contributed by atoms with E-state index in [4.69, 9.17) is 9.47 Å². The number of ether oxygens (including phenoxy) is 2. The number of amides is 1. The Hall–Kier alpha value is -0.650. The van der Waals surface area contributed by atoms with E-state index in [1.54, 1.807) is 7.05 Å². The van der Waals surface area contributed by atoms with Crippen LogP contribution in [0.15, 0.2) is 0 Å². The molecule has 0 unspecified atom stereocenters. The first kappa shape index (κ1) is 12.4. The summed E-state index contributed by atoms with van der Waals surface area (Å²) in [6, 6.07) is 0. The molecule has 1 amide bonds. The minimum atomic E-state index is -0.795. The van der Waals surface area contributed by atoms with Crippen LogP contribution < -0.4 is 0 Å². The summed E-state index contributed by atoms with van der Waals surface area (Å²) in [5.41, 5.74) is -0.795. The first-order valence-electron chi connectivity index (χ1n) is 5.10. The summed E-state index contributed by atoms with van der Waals surface area (Å²) in [4.78, 5) is 12.9. The van der Waals surface area contributed by atoms with E-state index in [2.05, 4.69) is 0 Å². The zero-order valence-electron chi connectivity index (χ0n) is 9.36. The summed E-state index contributed by atoms with van der Waals surface area (Å²) in [6.45, 7) is 1.52. The van der Waals surface area contributed by atoms with E-state index in [-0.39, 0.29) is 12.5 Å². The Morgan fingerprint density at radius 3 is 2.67 bits per heavy atom. The van der Waals surface area contributed by atoms with Gasteiger partial charge in [0.2, 0.25) is 5.91 Å². The summed E-state index contributed by atoms with van der Waals surface area (Å²) in [5, 5.41) is 10.1. The van der Waals surface area contributed by atoms with E-state index in [9.17, 15) is 9.90 Å². The maximum absolute atomic E-state index is 11.4. The number of carbonyl (C=O) groups excluding carboxylic acids is 1. The molecular weight excluding hydrogens is 198 g/mol. The van der Waals surface area contributed by atoms with E-state index in [1.807, 2.05) is 0 Å². The van der Waals surface area contributed by atoms with Crippen molar-refractivity contribution in [2.45, 2.75) is 18.4 Å². The van der Waals surface area contributed by atoms with E-state index < -0.39 is 5.60 Å². The van der Waals surface area contributed by atoms with Crippen LogP contribution in [0.2, 0.25) is 0 Å². The first-order valence-corrected chi connectivity index (χ1v) is 5.10. The van der Waals surface area contributed by atoms with Crippen molar-refractivity contribution >= 4 is 5.91 Å². The molecule has 0 aromatic heterocycles. The molecule has 0 bridgehead atoms. The van der Waals surface area contributed by atoms with Crippen molar-refractivity contribution in [1.29, 1.82) is 0 Å². The fourth-order valence-corrected chi connectivity index (χ4v) is 1.67. The molecule has 0 aromatic rings. The summed E-state index contributed by atoms with van der Waals surface area (Å²) < 4.78 is 9.92. The van der Waals surface area contributed by atoms with Crippen molar-refractivity contribution in [1.82, 2.24) is 4.90 Å². The van der Waals surface area contributed by atoms with Gasteiger partial charge in [-0.3, -0.25) is 4.79 Å². The molecule has 0 radical (unpaired) electrons. The first-order chi connectivity index (χ1) is 7.07. The van der Waals surface area contributed by atoms with Crippen molar-refractivity contribution in [3.63, 3.8) is 0 Å². The van der Waals surface area contributed by atoms with Crippen LogP contribution in [0.1, 0.15) is 12.8 Å². The third-order valence-corrected chi connectivity index (χ3v) is 2.65. The van der Waals surface area contributed by atoms with Crippen LogP contribution in [0.5, 0.6) is 0 Å². The molecule has 0 aliphatic carbocycles. The Morgan fingerprint density at radius 1 is 1.53 bits per heavy atom. The maximum atomic E-state index is 11.4. The van der Waals surface area contributed by atoms with Crippen molar-refractivity contribution < 1.29 is 19.4 Å². The number of hydrogen-bond acceptors (Lipinski definition) is 4. The van der Waals surface area contributed by atoms with Crippen LogP contribution in [-0.4, -0.2) is 62.0 Å². The van der Waals surface area contributed by atoms with E-state index in [0.29, 0.717) is 32.6 Å². The molecule has 0 saturated carbocycles. The quantitative estimate of drug-likeness (QED) is 0.698. The number of methoxy groups -OCH3 is 1. The Labute approximate surface area is 90.0 Å².